The van der Waals surface area contributed by atoms with Crippen molar-refractivity contribution < 1.29 is 4.79 Å². The first-order chi connectivity index (χ1) is 8.88. The highest BCUT2D eigenvalue weighted by Gasteiger charge is 2.48. The average molecular weight is 276 g/mol. The first kappa shape index (κ1) is 14.0. The van der Waals surface area contributed by atoms with Crippen molar-refractivity contribution in [3.05, 3.63) is 29.3 Å². The molecule has 1 aromatic carbocycles. The standard InChI is InChI=1S/C15H20N2OS/c1-10-5-6-12(11(2)9-10)17(3)14(18)15(13(16)19)7-4-8-15/h5-6,9H,4,7-8H2,1-3H3,(H2,16,19). The Morgan fingerprint density at radius 2 is 2.00 bits per heavy atom. The maximum Gasteiger partial charge on any atom is 0.239 e. The molecule has 102 valence electrons. The molecule has 1 aliphatic rings. The Morgan fingerprint density at radius 1 is 1.37 bits per heavy atom. The van der Waals surface area contributed by atoms with E-state index < -0.39 is 5.41 Å². The molecule has 4 heteroatoms. The highest BCUT2D eigenvalue weighted by Crippen LogP contribution is 2.43. The van der Waals surface area contributed by atoms with Crippen LogP contribution in [-0.4, -0.2) is 17.9 Å². The number of hydrogen-bond acceptors (Lipinski definition) is 2. The zero-order chi connectivity index (χ0) is 14.2. The minimum atomic E-state index is -0.610. The summed E-state index contributed by atoms with van der Waals surface area (Å²) >= 11 is 5.11. The maximum absolute atomic E-state index is 12.7. The third-order valence-corrected chi connectivity index (χ3v) is 4.50. The van der Waals surface area contributed by atoms with Gasteiger partial charge in [-0.1, -0.05) is 36.3 Å². The molecule has 3 nitrogen and oxygen atoms in total. The molecule has 0 spiro atoms. The van der Waals surface area contributed by atoms with Crippen molar-refractivity contribution in [3.63, 3.8) is 0 Å². The maximum atomic E-state index is 12.7. The molecular weight excluding hydrogens is 256 g/mol. The van der Waals surface area contributed by atoms with E-state index in [0.717, 1.165) is 30.5 Å². The van der Waals surface area contributed by atoms with Crippen LogP contribution in [0.1, 0.15) is 30.4 Å². The average Bonchev–Trinajstić information content (AvgIpc) is 2.25. The highest BCUT2D eigenvalue weighted by molar-refractivity contribution is 7.80. The van der Waals surface area contributed by atoms with Crippen molar-refractivity contribution >= 4 is 28.8 Å². The van der Waals surface area contributed by atoms with E-state index in [9.17, 15) is 4.79 Å². The van der Waals surface area contributed by atoms with Gasteiger partial charge in [-0.05, 0) is 38.3 Å². The fraction of sp³-hybridized carbons (Fsp3) is 0.467. The van der Waals surface area contributed by atoms with E-state index in [4.69, 9.17) is 18.0 Å². The summed E-state index contributed by atoms with van der Waals surface area (Å²) in [5, 5.41) is 0. The van der Waals surface area contributed by atoms with Gasteiger partial charge in [-0.15, -0.1) is 0 Å². The lowest BCUT2D eigenvalue weighted by Gasteiger charge is -2.41. The van der Waals surface area contributed by atoms with Crippen LogP contribution in [0.2, 0.25) is 0 Å². The third-order valence-electron chi connectivity index (χ3n) is 4.11. The lowest BCUT2D eigenvalue weighted by Crippen LogP contribution is -2.53. The fourth-order valence-corrected chi connectivity index (χ4v) is 3.00. The number of rotatable bonds is 3. The molecule has 0 heterocycles. The number of nitrogens with two attached hydrogens (primary N) is 1. The van der Waals surface area contributed by atoms with Gasteiger partial charge in [-0.2, -0.15) is 0 Å². The van der Waals surface area contributed by atoms with Gasteiger partial charge in [0.2, 0.25) is 5.91 Å². The van der Waals surface area contributed by atoms with E-state index in [1.807, 2.05) is 26.0 Å². The van der Waals surface area contributed by atoms with Crippen molar-refractivity contribution in [3.8, 4) is 0 Å². The number of carbonyl (C=O) groups is 1. The summed E-state index contributed by atoms with van der Waals surface area (Å²) < 4.78 is 0. The molecule has 0 unspecified atom stereocenters. The van der Waals surface area contributed by atoms with Gasteiger partial charge in [-0.25, -0.2) is 0 Å². The van der Waals surface area contributed by atoms with Crippen molar-refractivity contribution in [2.24, 2.45) is 11.1 Å². The van der Waals surface area contributed by atoms with Crippen molar-refractivity contribution in [2.75, 3.05) is 11.9 Å². The smallest absolute Gasteiger partial charge is 0.239 e. The molecule has 1 amide bonds. The topological polar surface area (TPSA) is 46.3 Å². The fourth-order valence-electron chi connectivity index (χ4n) is 2.71. The number of aryl methyl sites for hydroxylation is 2. The Morgan fingerprint density at radius 3 is 2.42 bits per heavy atom. The molecule has 19 heavy (non-hydrogen) atoms. The van der Waals surface area contributed by atoms with Gasteiger partial charge in [0.25, 0.3) is 0 Å². The summed E-state index contributed by atoms with van der Waals surface area (Å²) in [5.41, 5.74) is 8.40. The first-order valence-electron chi connectivity index (χ1n) is 6.54. The molecule has 0 saturated heterocycles. The molecule has 0 aliphatic heterocycles. The summed E-state index contributed by atoms with van der Waals surface area (Å²) in [6.45, 7) is 4.06. The number of anilines is 1. The number of carbonyl (C=O) groups excluding carboxylic acids is 1. The molecule has 1 saturated carbocycles. The van der Waals surface area contributed by atoms with Crippen LogP contribution in [0, 0.1) is 19.3 Å². The predicted octanol–water partition coefficient (Wildman–Crippen LogP) is 2.72. The molecule has 0 radical (unpaired) electrons. The molecule has 2 N–H and O–H groups in total. The van der Waals surface area contributed by atoms with Gasteiger partial charge < -0.3 is 10.6 Å². The van der Waals surface area contributed by atoms with E-state index in [0.29, 0.717) is 4.99 Å². The van der Waals surface area contributed by atoms with Crippen molar-refractivity contribution in [1.82, 2.24) is 0 Å². The zero-order valence-corrected chi connectivity index (χ0v) is 12.5. The minimum absolute atomic E-state index is 0.0261. The minimum Gasteiger partial charge on any atom is -0.392 e. The van der Waals surface area contributed by atoms with Crippen LogP contribution >= 0.6 is 12.2 Å². The van der Waals surface area contributed by atoms with Gasteiger partial charge in [0.1, 0.15) is 0 Å². The normalized spacial score (nSPS) is 16.6. The van der Waals surface area contributed by atoms with Gasteiger partial charge in [-0.3, -0.25) is 4.79 Å². The van der Waals surface area contributed by atoms with E-state index in [-0.39, 0.29) is 5.91 Å². The summed E-state index contributed by atoms with van der Waals surface area (Å²) in [6.07, 6.45) is 2.57. The molecular formula is C15H20N2OS. The Labute approximate surface area is 119 Å². The lowest BCUT2D eigenvalue weighted by molar-refractivity contribution is -0.127. The Kier molecular flexibility index (Phi) is 3.63. The largest absolute Gasteiger partial charge is 0.392 e. The summed E-state index contributed by atoms with van der Waals surface area (Å²) in [5.74, 6) is 0.0261. The molecule has 1 fully saturated rings. The summed E-state index contributed by atoms with van der Waals surface area (Å²) in [7, 11) is 1.80. The Balaban J connectivity index is 2.31. The second kappa shape index (κ2) is 4.93. The van der Waals surface area contributed by atoms with Crippen molar-refractivity contribution in [2.45, 2.75) is 33.1 Å². The lowest BCUT2D eigenvalue weighted by atomic mass is 9.67. The predicted molar refractivity (Wildman–Crippen MR) is 82.4 cm³/mol. The van der Waals surface area contributed by atoms with Gasteiger partial charge >= 0.3 is 0 Å². The zero-order valence-electron chi connectivity index (χ0n) is 11.7. The quantitative estimate of drug-likeness (QED) is 0.863. The second-order valence-electron chi connectivity index (χ2n) is 5.45. The van der Waals surface area contributed by atoms with Crippen LogP contribution in [0.3, 0.4) is 0 Å². The van der Waals surface area contributed by atoms with Crippen LogP contribution < -0.4 is 10.6 Å². The van der Waals surface area contributed by atoms with Gasteiger partial charge in [0.15, 0.2) is 0 Å². The molecule has 1 aliphatic carbocycles. The third kappa shape index (κ3) is 2.25. The van der Waals surface area contributed by atoms with E-state index in [2.05, 4.69) is 6.07 Å². The molecule has 2 rings (SSSR count). The van der Waals surface area contributed by atoms with Gasteiger partial charge in [0, 0.05) is 12.7 Å². The van der Waals surface area contributed by atoms with Gasteiger partial charge in [0.05, 0.1) is 10.4 Å². The number of benzene rings is 1. The Bertz CT molecular complexity index is 535. The van der Waals surface area contributed by atoms with Crippen LogP contribution in [-0.2, 0) is 4.79 Å². The number of thiocarbonyl (C=S) groups is 1. The van der Waals surface area contributed by atoms with E-state index in [1.165, 1.54) is 5.56 Å². The molecule has 1 aromatic rings. The summed E-state index contributed by atoms with van der Waals surface area (Å²) in [4.78, 5) is 14.7. The van der Waals surface area contributed by atoms with Crippen molar-refractivity contribution in [1.29, 1.82) is 0 Å². The second-order valence-corrected chi connectivity index (χ2v) is 5.89. The Hall–Kier alpha value is -1.42. The number of hydrogen-bond donors (Lipinski definition) is 1. The number of nitrogens with zero attached hydrogens (tertiary/aromatic N) is 1. The van der Waals surface area contributed by atoms with Crippen LogP contribution in [0.4, 0.5) is 5.69 Å². The summed E-state index contributed by atoms with van der Waals surface area (Å²) in [6, 6.07) is 6.07. The van der Waals surface area contributed by atoms with Crippen LogP contribution in [0.5, 0.6) is 0 Å². The monoisotopic (exact) mass is 276 g/mol. The molecule has 0 atom stereocenters. The van der Waals surface area contributed by atoms with E-state index in [1.54, 1.807) is 11.9 Å². The van der Waals surface area contributed by atoms with Crippen LogP contribution in [0.15, 0.2) is 18.2 Å². The highest BCUT2D eigenvalue weighted by atomic mass is 32.1. The first-order valence-corrected chi connectivity index (χ1v) is 6.94. The molecule has 0 bridgehead atoms. The van der Waals surface area contributed by atoms with Crippen LogP contribution in [0.25, 0.3) is 0 Å². The SMILES string of the molecule is Cc1ccc(N(C)C(=O)C2(C(N)=S)CCC2)c(C)c1. The molecule has 0 aromatic heterocycles. The number of amides is 1. The van der Waals surface area contributed by atoms with E-state index >= 15 is 0 Å².